The van der Waals surface area contributed by atoms with Crippen molar-refractivity contribution in [2.45, 2.75) is 32.7 Å². The second-order valence-electron chi connectivity index (χ2n) is 4.08. The van der Waals surface area contributed by atoms with Crippen LogP contribution in [0.2, 0.25) is 5.02 Å². The molecular formula is C12H18BrClN2. The molecule has 0 spiro atoms. The summed E-state index contributed by atoms with van der Waals surface area (Å²) in [4.78, 5) is 0. The first-order valence-electron chi connectivity index (χ1n) is 5.51. The molecule has 0 saturated carbocycles. The fraction of sp³-hybridized carbons (Fsp3) is 0.500. The molecule has 3 N–H and O–H groups in total. The number of hydrogen-bond acceptors (Lipinski definition) is 2. The van der Waals surface area contributed by atoms with Crippen LogP contribution in [0.3, 0.4) is 0 Å². The molecule has 1 aromatic rings. The molecule has 2 nitrogen and oxygen atoms in total. The first kappa shape index (κ1) is 14.0. The molecule has 0 bridgehead atoms. The van der Waals surface area contributed by atoms with Gasteiger partial charge in [0, 0.05) is 10.5 Å². The molecule has 0 aliphatic heterocycles. The highest BCUT2D eigenvalue weighted by atomic mass is 79.9. The minimum absolute atomic E-state index is 0.158. The standard InChI is InChI=1S/C12H18BrClN2/c1-3-4-8(2)12(16-15)9-5-6-10(13)11(14)7-9/h5-8,12,16H,3-4,15H2,1-2H3. The maximum absolute atomic E-state index is 6.08. The van der Waals surface area contributed by atoms with Crippen LogP contribution >= 0.6 is 27.5 Å². The van der Waals surface area contributed by atoms with Crippen LogP contribution in [0, 0.1) is 5.92 Å². The van der Waals surface area contributed by atoms with E-state index in [-0.39, 0.29) is 6.04 Å². The van der Waals surface area contributed by atoms with Crippen LogP contribution in [0.1, 0.15) is 38.3 Å². The molecule has 90 valence electrons. The lowest BCUT2D eigenvalue weighted by Crippen LogP contribution is -2.32. The maximum Gasteiger partial charge on any atom is 0.0551 e. The van der Waals surface area contributed by atoms with E-state index in [1.807, 2.05) is 18.2 Å². The Labute approximate surface area is 111 Å². The van der Waals surface area contributed by atoms with Gasteiger partial charge >= 0.3 is 0 Å². The van der Waals surface area contributed by atoms with Crippen molar-refractivity contribution < 1.29 is 0 Å². The zero-order chi connectivity index (χ0) is 12.1. The van der Waals surface area contributed by atoms with Gasteiger partial charge in [0.25, 0.3) is 0 Å². The van der Waals surface area contributed by atoms with Crippen LogP contribution in [-0.4, -0.2) is 0 Å². The number of hydrazine groups is 1. The van der Waals surface area contributed by atoms with E-state index in [9.17, 15) is 0 Å². The Morgan fingerprint density at radius 2 is 2.19 bits per heavy atom. The Morgan fingerprint density at radius 1 is 1.50 bits per heavy atom. The predicted molar refractivity (Wildman–Crippen MR) is 73.3 cm³/mol. The van der Waals surface area contributed by atoms with Crippen molar-refractivity contribution in [2.24, 2.45) is 11.8 Å². The van der Waals surface area contributed by atoms with Gasteiger partial charge < -0.3 is 0 Å². The molecule has 1 aromatic carbocycles. The highest BCUT2D eigenvalue weighted by Gasteiger charge is 2.17. The second-order valence-corrected chi connectivity index (χ2v) is 5.35. The molecule has 4 heteroatoms. The van der Waals surface area contributed by atoms with Crippen LogP contribution in [-0.2, 0) is 0 Å². The summed E-state index contributed by atoms with van der Waals surface area (Å²) < 4.78 is 0.914. The summed E-state index contributed by atoms with van der Waals surface area (Å²) in [5, 5.41) is 0.724. The van der Waals surface area contributed by atoms with Gasteiger partial charge in [0.1, 0.15) is 0 Å². The highest BCUT2D eigenvalue weighted by molar-refractivity contribution is 9.10. The third-order valence-corrected chi connectivity index (χ3v) is 4.03. The van der Waals surface area contributed by atoms with E-state index in [1.165, 1.54) is 0 Å². The molecule has 0 amide bonds. The van der Waals surface area contributed by atoms with Crippen molar-refractivity contribution in [3.8, 4) is 0 Å². The quantitative estimate of drug-likeness (QED) is 0.636. The molecule has 16 heavy (non-hydrogen) atoms. The summed E-state index contributed by atoms with van der Waals surface area (Å²) in [6.45, 7) is 4.38. The topological polar surface area (TPSA) is 38.0 Å². The lowest BCUT2D eigenvalue weighted by Gasteiger charge is -2.23. The smallest absolute Gasteiger partial charge is 0.0551 e. The predicted octanol–water partition coefficient (Wildman–Crippen LogP) is 4.04. The first-order chi connectivity index (χ1) is 7.60. The van der Waals surface area contributed by atoms with Crippen LogP contribution in [0.15, 0.2) is 22.7 Å². The van der Waals surface area contributed by atoms with Gasteiger partial charge in [-0.3, -0.25) is 11.3 Å². The van der Waals surface area contributed by atoms with Gasteiger partial charge in [0.05, 0.1) is 5.02 Å². The lowest BCUT2D eigenvalue weighted by atomic mass is 9.91. The average Bonchev–Trinajstić information content (AvgIpc) is 2.25. The molecule has 0 radical (unpaired) electrons. The number of nitrogens with two attached hydrogens (primary N) is 1. The van der Waals surface area contributed by atoms with Crippen molar-refractivity contribution in [1.29, 1.82) is 0 Å². The summed E-state index contributed by atoms with van der Waals surface area (Å²) in [6, 6.07) is 6.13. The molecule has 0 aliphatic carbocycles. The normalized spacial score (nSPS) is 14.8. The molecule has 2 atom stereocenters. The zero-order valence-electron chi connectivity index (χ0n) is 9.63. The number of benzene rings is 1. The van der Waals surface area contributed by atoms with E-state index < -0.39 is 0 Å². The minimum Gasteiger partial charge on any atom is -0.271 e. The van der Waals surface area contributed by atoms with Crippen molar-refractivity contribution >= 4 is 27.5 Å². The number of rotatable bonds is 5. The molecule has 1 rings (SSSR count). The van der Waals surface area contributed by atoms with Crippen LogP contribution in [0.5, 0.6) is 0 Å². The van der Waals surface area contributed by atoms with E-state index in [0.717, 1.165) is 27.9 Å². The van der Waals surface area contributed by atoms with E-state index in [2.05, 4.69) is 35.2 Å². The Kier molecular flexibility index (Phi) is 5.76. The largest absolute Gasteiger partial charge is 0.271 e. The summed E-state index contributed by atoms with van der Waals surface area (Å²) in [5.41, 5.74) is 4.01. The molecule has 0 aromatic heterocycles. The van der Waals surface area contributed by atoms with Crippen LogP contribution in [0.25, 0.3) is 0 Å². The molecule has 0 heterocycles. The monoisotopic (exact) mass is 304 g/mol. The fourth-order valence-electron chi connectivity index (χ4n) is 1.92. The Bertz CT molecular complexity index is 344. The Morgan fingerprint density at radius 3 is 2.69 bits per heavy atom. The number of halogens is 2. The van der Waals surface area contributed by atoms with E-state index >= 15 is 0 Å². The Hall–Kier alpha value is -0.0900. The van der Waals surface area contributed by atoms with Gasteiger partial charge in [-0.15, -0.1) is 0 Å². The van der Waals surface area contributed by atoms with Crippen LogP contribution < -0.4 is 11.3 Å². The summed E-state index contributed by atoms with van der Waals surface area (Å²) in [6.07, 6.45) is 2.30. The van der Waals surface area contributed by atoms with Crippen LogP contribution in [0.4, 0.5) is 0 Å². The van der Waals surface area contributed by atoms with Gasteiger partial charge in [-0.05, 0) is 46.0 Å². The van der Waals surface area contributed by atoms with E-state index in [4.69, 9.17) is 17.4 Å². The third kappa shape index (κ3) is 3.45. The van der Waals surface area contributed by atoms with E-state index in [0.29, 0.717) is 5.92 Å². The number of hydrogen-bond donors (Lipinski definition) is 2. The van der Waals surface area contributed by atoms with E-state index in [1.54, 1.807) is 0 Å². The number of nitrogens with one attached hydrogen (secondary N) is 1. The van der Waals surface area contributed by atoms with Crippen molar-refractivity contribution in [3.05, 3.63) is 33.3 Å². The maximum atomic E-state index is 6.08. The van der Waals surface area contributed by atoms with Gasteiger partial charge in [-0.25, -0.2) is 0 Å². The SMILES string of the molecule is CCCC(C)C(NN)c1ccc(Br)c(Cl)c1. The zero-order valence-corrected chi connectivity index (χ0v) is 12.0. The summed E-state index contributed by atoms with van der Waals surface area (Å²) in [7, 11) is 0. The minimum atomic E-state index is 0.158. The van der Waals surface area contributed by atoms with Crippen molar-refractivity contribution in [2.75, 3.05) is 0 Å². The Balaban J connectivity index is 2.90. The van der Waals surface area contributed by atoms with Gasteiger partial charge in [-0.1, -0.05) is 37.9 Å². The first-order valence-corrected chi connectivity index (χ1v) is 6.68. The highest BCUT2D eigenvalue weighted by Crippen LogP contribution is 2.30. The van der Waals surface area contributed by atoms with Gasteiger partial charge in [0.15, 0.2) is 0 Å². The second kappa shape index (κ2) is 6.60. The lowest BCUT2D eigenvalue weighted by molar-refractivity contribution is 0.368. The van der Waals surface area contributed by atoms with Crippen molar-refractivity contribution in [3.63, 3.8) is 0 Å². The average molecular weight is 306 g/mol. The van der Waals surface area contributed by atoms with Gasteiger partial charge in [-0.2, -0.15) is 0 Å². The molecular weight excluding hydrogens is 288 g/mol. The molecule has 0 aliphatic rings. The van der Waals surface area contributed by atoms with Crippen molar-refractivity contribution in [1.82, 2.24) is 5.43 Å². The molecule has 0 saturated heterocycles. The molecule has 2 unspecified atom stereocenters. The summed E-state index contributed by atoms with van der Waals surface area (Å²) >= 11 is 9.47. The third-order valence-electron chi connectivity index (χ3n) is 2.80. The molecule has 0 fully saturated rings. The van der Waals surface area contributed by atoms with Gasteiger partial charge in [0.2, 0.25) is 0 Å². The fourth-order valence-corrected chi connectivity index (χ4v) is 2.35. The summed E-state index contributed by atoms with van der Waals surface area (Å²) in [5.74, 6) is 6.11.